The molecular weight excluding hydrogens is 332 g/mol. The molecule has 5 heteroatoms. The molecule has 0 bridgehead atoms. The van der Waals surface area contributed by atoms with Gasteiger partial charge in [-0.3, -0.25) is 0 Å². The topological polar surface area (TPSA) is 44.1 Å². The Kier molecular flexibility index (Phi) is 5.17. The monoisotopic (exact) mass is 350 g/mol. The maximum absolute atomic E-state index is 11.9. The largest absolute Gasteiger partial charge is 0.461 e. The molecule has 2 aromatic rings. The number of ether oxygens (including phenoxy) is 1. The van der Waals surface area contributed by atoms with Crippen molar-refractivity contribution in [2.45, 2.75) is 27.2 Å². The highest BCUT2D eigenvalue weighted by molar-refractivity contribution is 9.10. The summed E-state index contributed by atoms with van der Waals surface area (Å²) in [6, 6.07) is 7.92. The van der Waals surface area contributed by atoms with Crippen molar-refractivity contribution in [2.24, 2.45) is 5.92 Å². The number of esters is 1. The zero-order valence-electron chi connectivity index (χ0n) is 12.5. The van der Waals surface area contributed by atoms with Crippen LogP contribution in [0.5, 0.6) is 0 Å². The average molecular weight is 351 g/mol. The third kappa shape index (κ3) is 3.94. The summed E-state index contributed by atoms with van der Waals surface area (Å²) in [5, 5.41) is 0. The number of rotatable bonds is 5. The van der Waals surface area contributed by atoms with Crippen molar-refractivity contribution in [1.29, 1.82) is 0 Å². The molecule has 112 valence electrons. The van der Waals surface area contributed by atoms with E-state index in [0.29, 0.717) is 18.2 Å². The fourth-order valence-electron chi connectivity index (χ4n) is 2.06. The van der Waals surface area contributed by atoms with Crippen molar-refractivity contribution >= 4 is 21.9 Å². The maximum atomic E-state index is 11.9. The Bertz CT molecular complexity index is 618. The number of halogens is 1. The van der Waals surface area contributed by atoms with E-state index in [-0.39, 0.29) is 5.97 Å². The van der Waals surface area contributed by atoms with Crippen LogP contribution >= 0.6 is 15.9 Å². The summed E-state index contributed by atoms with van der Waals surface area (Å²) in [6.45, 7) is 6.40. The molecule has 0 fully saturated rings. The number of hydrogen-bond acceptors (Lipinski definition) is 3. The second-order valence-electron chi connectivity index (χ2n) is 5.21. The number of nitrogens with zero attached hydrogens (tertiary/aromatic N) is 2. The van der Waals surface area contributed by atoms with Gasteiger partial charge in [0.25, 0.3) is 0 Å². The van der Waals surface area contributed by atoms with Gasteiger partial charge in [-0.15, -0.1) is 0 Å². The SMILES string of the molecule is CCOC(=O)c1cn(-c2ccc(Br)cc2)c(CC(C)C)n1. The number of carbonyl (C=O) groups excluding carboxylic acids is 1. The van der Waals surface area contributed by atoms with Crippen LogP contribution in [0.4, 0.5) is 0 Å². The van der Waals surface area contributed by atoms with Gasteiger partial charge < -0.3 is 9.30 Å². The molecule has 0 amide bonds. The van der Waals surface area contributed by atoms with Gasteiger partial charge in [0.1, 0.15) is 5.82 Å². The van der Waals surface area contributed by atoms with Crippen LogP contribution in [0.3, 0.4) is 0 Å². The lowest BCUT2D eigenvalue weighted by atomic mass is 10.1. The number of aromatic nitrogens is 2. The molecule has 0 aliphatic rings. The highest BCUT2D eigenvalue weighted by Gasteiger charge is 2.16. The molecule has 0 saturated heterocycles. The first-order valence-corrected chi connectivity index (χ1v) is 7.82. The zero-order valence-corrected chi connectivity index (χ0v) is 14.1. The summed E-state index contributed by atoms with van der Waals surface area (Å²) in [6.07, 6.45) is 2.55. The predicted octanol–water partition coefficient (Wildman–Crippen LogP) is 4.01. The van der Waals surface area contributed by atoms with E-state index in [9.17, 15) is 4.79 Å². The Hall–Kier alpha value is -1.62. The highest BCUT2D eigenvalue weighted by Crippen LogP contribution is 2.19. The molecule has 4 nitrogen and oxygen atoms in total. The third-order valence-electron chi connectivity index (χ3n) is 2.96. The third-order valence-corrected chi connectivity index (χ3v) is 3.49. The Morgan fingerprint density at radius 2 is 2.00 bits per heavy atom. The van der Waals surface area contributed by atoms with Crippen LogP contribution in [-0.4, -0.2) is 22.1 Å². The Balaban J connectivity index is 2.41. The van der Waals surface area contributed by atoms with Crippen LogP contribution in [-0.2, 0) is 11.2 Å². The number of imidazole rings is 1. The second kappa shape index (κ2) is 6.89. The van der Waals surface area contributed by atoms with Crippen molar-refractivity contribution in [3.8, 4) is 5.69 Å². The fourth-order valence-corrected chi connectivity index (χ4v) is 2.32. The summed E-state index contributed by atoms with van der Waals surface area (Å²) in [5.41, 5.74) is 1.34. The van der Waals surface area contributed by atoms with E-state index in [1.807, 2.05) is 28.8 Å². The van der Waals surface area contributed by atoms with Gasteiger partial charge in [0.05, 0.1) is 6.61 Å². The van der Waals surface area contributed by atoms with Crippen LogP contribution in [0.25, 0.3) is 5.69 Å². The quantitative estimate of drug-likeness (QED) is 0.765. The summed E-state index contributed by atoms with van der Waals surface area (Å²) in [4.78, 5) is 16.3. The Morgan fingerprint density at radius 3 is 2.57 bits per heavy atom. The van der Waals surface area contributed by atoms with Crippen molar-refractivity contribution < 1.29 is 9.53 Å². The molecule has 1 aromatic heterocycles. The van der Waals surface area contributed by atoms with E-state index >= 15 is 0 Å². The first-order valence-electron chi connectivity index (χ1n) is 7.02. The number of carbonyl (C=O) groups is 1. The zero-order chi connectivity index (χ0) is 15.4. The van der Waals surface area contributed by atoms with Crippen LogP contribution in [0.1, 0.15) is 37.1 Å². The molecule has 0 unspecified atom stereocenters. The lowest BCUT2D eigenvalue weighted by molar-refractivity contribution is 0.0520. The van der Waals surface area contributed by atoms with E-state index in [1.165, 1.54) is 0 Å². The number of hydrogen-bond donors (Lipinski definition) is 0. The smallest absolute Gasteiger partial charge is 0.358 e. The molecule has 0 aliphatic heterocycles. The lowest BCUT2D eigenvalue weighted by Crippen LogP contribution is -2.05. The van der Waals surface area contributed by atoms with Crippen molar-refractivity contribution in [3.63, 3.8) is 0 Å². The van der Waals surface area contributed by atoms with E-state index in [4.69, 9.17) is 4.74 Å². The molecule has 21 heavy (non-hydrogen) atoms. The van der Waals surface area contributed by atoms with Crippen molar-refractivity contribution in [3.05, 3.63) is 46.5 Å². The van der Waals surface area contributed by atoms with E-state index in [1.54, 1.807) is 13.1 Å². The van der Waals surface area contributed by atoms with Crippen LogP contribution in [0.2, 0.25) is 0 Å². The van der Waals surface area contributed by atoms with Gasteiger partial charge in [0.2, 0.25) is 0 Å². The Labute approximate surface area is 133 Å². The minimum atomic E-state index is -0.377. The summed E-state index contributed by atoms with van der Waals surface area (Å²) >= 11 is 3.43. The minimum absolute atomic E-state index is 0.351. The lowest BCUT2D eigenvalue weighted by Gasteiger charge is -2.09. The standard InChI is InChI=1S/C16H19BrN2O2/c1-4-21-16(20)14-10-19(15(18-14)9-11(2)3)13-7-5-12(17)6-8-13/h5-8,10-11H,4,9H2,1-3H3. The molecule has 0 aliphatic carbocycles. The second-order valence-corrected chi connectivity index (χ2v) is 6.12. The minimum Gasteiger partial charge on any atom is -0.461 e. The van der Waals surface area contributed by atoms with Gasteiger partial charge in [-0.05, 0) is 37.1 Å². The van der Waals surface area contributed by atoms with Gasteiger partial charge in [-0.25, -0.2) is 9.78 Å². The molecular formula is C16H19BrN2O2. The molecule has 0 N–H and O–H groups in total. The summed E-state index contributed by atoms with van der Waals surface area (Å²) < 4.78 is 8.01. The Morgan fingerprint density at radius 1 is 1.33 bits per heavy atom. The molecule has 0 saturated carbocycles. The first kappa shape index (κ1) is 15.8. The maximum Gasteiger partial charge on any atom is 0.358 e. The first-order chi connectivity index (χ1) is 10.0. The van der Waals surface area contributed by atoms with Gasteiger partial charge in [0.15, 0.2) is 5.69 Å². The van der Waals surface area contributed by atoms with Gasteiger partial charge in [-0.1, -0.05) is 29.8 Å². The fraction of sp³-hybridized carbons (Fsp3) is 0.375. The van der Waals surface area contributed by atoms with Crippen molar-refractivity contribution in [2.75, 3.05) is 6.61 Å². The average Bonchev–Trinajstić information content (AvgIpc) is 2.83. The van der Waals surface area contributed by atoms with E-state index in [0.717, 1.165) is 22.4 Å². The van der Waals surface area contributed by atoms with Crippen molar-refractivity contribution in [1.82, 2.24) is 9.55 Å². The predicted molar refractivity (Wildman–Crippen MR) is 85.8 cm³/mol. The van der Waals surface area contributed by atoms with E-state index < -0.39 is 0 Å². The summed E-state index contributed by atoms with van der Waals surface area (Å²) in [5.74, 6) is 0.949. The van der Waals surface area contributed by atoms with Crippen LogP contribution < -0.4 is 0 Å². The van der Waals surface area contributed by atoms with Crippen LogP contribution in [0.15, 0.2) is 34.9 Å². The van der Waals surface area contributed by atoms with Gasteiger partial charge in [0, 0.05) is 22.8 Å². The van der Waals surface area contributed by atoms with Gasteiger partial charge >= 0.3 is 5.97 Å². The van der Waals surface area contributed by atoms with Crippen LogP contribution in [0, 0.1) is 5.92 Å². The molecule has 1 aromatic carbocycles. The normalized spacial score (nSPS) is 10.9. The van der Waals surface area contributed by atoms with E-state index in [2.05, 4.69) is 34.8 Å². The highest BCUT2D eigenvalue weighted by atomic mass is 79.9. The molecule has 0 radical (unpaired) electrons. The molecule has 2 rings (SSSR count). The number of benzene rings is 1. The molecule has 0 atom stereocenters. The molecule has 1 heterocycles. The summed E-state index contributed by atoms with van der Waals surface area (Å²) in [7, 11) is 0. The van der Waals surface area contributed by atoms with Gasteiger partial charge in [-0.2, -0.15) is 0 Å². The molecule has 0 spiro atoms.